The third-order valence-electron chi connectivity index (χ3n) is 5.42. The summed E-state index contributed by atoms with van der Waals surface area (Å²) < 4.78 is 2.02. The molecule has 0 aliphatic carbocycles. The molecule has 1 aliphatic heterocycles. The van der Waals surface area contributed by atoms with Gasteiger partial charge >= 0.3 is 0 Å². The number of aromatic nitrogens is 1. The summed E-state index contributed by atoms with van der Waals surface area (Å²) in [5.41, 5.74) is 3.55. The highest BCUT2D eigenvalue weighted by Crippen LogP contribution is 2.34. The summed E-state index contributed by atoms with van der Waals surface area (Å²) in [5, 5.41) is 10.9. The first-order valence-electron chi connectivity index (χ1n) is 10.1. The number of hydrogen-bond acceptors (Lipinski definition) is 6. The molecular formula is C24H18ClN3O5S. The lowest BCUT2D eigenvalue weighted by molar-refractivity contribution is -0.384. The number of nitrogens with zero attached hydrogens (tertiary/aromatic N) is 3. The zero-order valence-electron chi connectivity index (χ0n) is 18.1. The van der Waals surface area contributed by atoms with Gasteiger partial charge in [0.2, 0.25) is 0 Å². The minimum absolute atomic E-state index is 0.151. The Kier molecular flexibility index (Phi) is 6.41. The maximum absolute atomic E-state index is 12.9. The Balaban J connectivity index is 1.55. The molecule has 2 heterocycles. The first kappa shape index (κ1) is 23.5. The molecule has 34 heavy (non-hydrogen) atoms. The predicted molar refractivity (Wildman–Crippen MR) is 130 cm³/mol. The van der Waals surface area contributed by atoms with Crippen LogP contribution in [0.15, 0.2) is 59.5 Å². The van der Waals surface area contributed by atoms with E-state index in [0.29, 0.717) is 5.02 Å². The van der Waals surface area contributed by atoms with Gasteiger partial charge in [0.1, 0.15) is 0 Å². The summed E-state index contributed by atoms with van der Waals surface area (Å²) in [4.78, 5) is 49.2. The van der Waals surface area contributed by atoms with Crippen molar-refractivity contribution in [3.05, 3.63) is 97.2 Å². The Labute approximate surface area is 204 Å². The number of nitro groups is 1. The number of halogens is 1. The Bertz CT molecular complexity index is 1360. The first-order valence-corrected chi connectivity index (χ1v) is 11.3. The van der Waals surface area contributed by atoms with Gasteiger partial charge in [-0.05, 0) is 79.7 Å². The molecule has 1 aliphatic rings. The monoisotopic (exact) mass is 495 g/mol. The first-order chi connectivity index (χ1) is 16.2. The fraction of sp³-hybridized carbons (Fsp3) is 0.125. The number of non-ortho nitro benzene ring substituents is 1. The molecule has 0 atom stereocenters. The molecule has 2 amide bonds. The number of thioether (sulfide) groups is 1. The second kappa shape index (κ2) is 9.28. The van der Waals surface area contributed by atoms with Gasteiger partial charge in [-0.15, -0.1) is 0 Å². The van der Waals surface area contributed by atoms with Gasteiger partial charge in [-0.1, -0.05) is 11.6 Å². The Hall–Kier alpha value is -3.69. The van der Waals surface area contributed by atoms with Gasteiger partial charge in [0.25, 0.3) is 16.8 Å². The number of nitro benzene ring substituents is 1. The van der Waals surface area contributed by atoms with E-state index in [-0.39, 0.29) is 16.2 Å². The Morgan fingerprint density at radius 1 is 1.09 bits per heavy atom. The molecule has 2 aromatic carbocycles. The number of rotatable bonds is 6. The predicted octanol–water partition coefficient (Wildman–Crippen LogP) is 5.57. The highest BCUT2D eigenvalue weighted by molar-refractivity contribution is 8.18. The Morgan fingerprint density at radius 3 is 2.35 bits per heavy atom. The SMILES string of the molecule is Cc1cc(/C=C2/SC(=O)N(CC(=O)c3ccc([N+](=O)[O-])cc3)C2=O)c(C)n1-c1ccc(Cl)cc1. The van der Waals surface area contributed by atoms with E-state index in [4.69, 9.17) is 11.6 Å². The van der Waals surface area contributed by atoms with Crippen LogP contribution in [0.3, 0.4) is 0 Å². The number of benzene rings is 2. The van der Waals surface area contributed by atoms with Gasteiger partial charge < -0.3 is 4.57 Å². The summed E-state index contributed by atoms with van der Waals surface area (Å²) in [6.45, 7) is 3.41. The number of hydrogen-bond donors (Lipinski definition) is 0. The summed E-state index contributed by atoms with van der Waals surface area (Å²) >= 11 is 6.76. The molecule has 0 radical (unpaired) electrons. The molecule has 0 bridgehead atoms. The third kappa shape index (κ3) is 4.52. The van der Waals surface area contributed by atoms with Crippen molar-refractivity contribution in [2.75, 3.05) is 6.54 Å². The molecule has 0 unspecified atom stereocenters. The third-order valence-corrected chi connectivity index (χ3v) is 6.58. The van der Waals surface area contributed by atoms with Crippen molar-refractivity contribution in [1.82, 2.24) is 9.47 Å². The van der Waals surface area contributed by atoms with Crippen molar-refractivity contribution in [1.29, 1.82) is 0 Å². The number of carbonyl (C=O) groups excluding carboxylic acids is 3. The van der Waals surface area contributed by atoms with E-state index in [0.717, 1.165) is 39.3 Å². The fourth-order valence-electron chi connectivity index (χ4n) is 3.70. The Morgan fingerprint density at radius 2 is 1.74 bits per heavy atom. The fourth-order valence-corrected chi connectivity index (χ4v) is 4.66. The van der Waals surface area contributed by atoms with Crippen molar-refractivity contribution < 1.29 is 19.3 Å². The topological polar surface area (TPSA) is 103 Å². The van der Waals surface area contributed by atoms with Crippen LogP contribution in [0.4, 0.5) is 10.5 Å². The number of ketones is 1. The second-order valence-corrected chi connectivity index (χ2v) is 9.06. The average Bonchev–Trinajstić information content (AvgIpc) is 3.23. The highest BCUT2D eigenvalue weighted by atomic mass is 35.5. The summed E-state index contributed by atoms with van der Waals surface area (Å²) in [6.07, 6.45) is 1.65. The standard InChI is InChI=1S/C24H18ClN3O5S/c1-14-11-17(15(2)27(14)19-9-5-18(25)6-10-19)12-22-23(30)26(24(31)34-22)13-21(29)16-3-7-20(8-4-16)28(32)33/h3-12H,13H2,1-2H3/b22-12+. The van der Waals surface area contributed by atoms with Gasteiger partial charge in [0, 0.05) is 39.8 Å². The molecule has 1 aromatic heterocycles. The maximum atomic E-state index is 12.9. The van der Waals surface area contributed by atoms with Gasteiger partial charge in [-0.25, -0.2) is 0 Å². The number of imide groups is 1. The molecule has 172 valence electrons. The van der Waals surface area contributed by atoms with E-state index in [1.165, 1.54) is 24.3 Å². The minimum Gasteiger partial charge on any atom is -0.318 e. The van der Waals surface area contributed by atoms with E-state index in [1.807, 2.05) is 36.6 Å². The lowest BCUT2D eigenvalue weighted by Gasteiger charge is -2.11. The molecule has 1 saturated heterocycles. The number of aryl methyl sites for hydroxylation is 1. The van der Waals surface area contributed by atoms with Crippen LogP contribution in [0, 0.1) is 24.0 Å². The van der Waals surface area contributed by atoms with Gasteiger partial charge in [0.05, 0.1) is 16.4 Å². The number of carbonyl (C=O) groups is 3. The van der Waals surface area contributed by atoms with Crippen molar-refractivity contribution in [2.24, 2.45) is 0 Å². The van der Waals surface area contributed by atoms with Crippen LogP contribution in [-0.2, 0) is 4.79 Å². The van der Waals surface area contributed by atoms with Crippen molar-refractivity contribution in [3.8, 4) is 5.69 Å². The van der Waals surface area contributed by atoms with E-state index in [1.54, 1.807) is 18.2 Å². The van der Waals surface area contributed by atoms with Crippen LogP contribution in [0.5, 0.6) is 0 Å². The van der Waals surface area contributed by atoms with Crippen LogP contribution >= 0.6 is 23.4 Å². The minimum atomic E-state index is -0.570. The normalized spacial score (nSPS) is 14.8. The number of Topliss-reactive ketones (excluding diaryl/α,β-unsaturated/α-hetero) is 1. The van der Waals surface area contributed by atoms with Gasteiger partial charge in [-0.3, -0.25) is 29.4 Å². The molecule has 8 nitrogen and oxygen atoms in total. The van der Waals surface area contributed by atoms with E-state index >= 15 is 0 Å². The van der Waals surface area contributed by atoms with Gasteiger partial charge in [0.15, 0.2) is 5.78 Å². The second-order valence-electron chi connectivity index (χ2n) is 7.63. The van der Waals surface area contributed by atoms with E-state index in [2.05, 4.69) is 0 Å². The quantitative estimate of drug-likeness (QED) is 0.191. The van der Waals surface area contributed by atoms with Crippen LogP contribution in [0.2, 0.25) is 5.02 Å². The zero-order valence-corrected chi connectivity index (χ0v) is 19.7. The average molecular weight is 496 g/mol. The summed E-state index contributed by atoms with van der Waals surface area (Å²) in [6, 6.07) is 14.3. The summed E-state index contributed by atoms with van der Waals surface area (Å²) in [7, 11) is 0. The number of amides is 2. The maximum Gasteiger partial charge on any atom is 0.293 e. The lowest BCUT2D eigenvalue weighted by atomic mass is 10.1. The van der Waals surface area contributed by atoms with Gasteiger partial charge in [-0.2, -0.15) is 0 Å². The molecule has 0 N–H and O–H groups in total. The van der Waals surface area contributed by atoms with Crippen molar-refractivity contribution >= 4 is 52.1 Å². The van der Waals surface area contributed by atoms with Crippen molar-refractivity contribution in [2.45, 2.75) is 13.8 Å². The zero-order chi connectivity index (χ0) is 24.6. The largest absolute Gasteiger partial charge is 0.318 e. The van der Waals surface area contributed by atoms with Crippen LogP contribution in [0.1, 0.15) is 27.3 Å². The molecule has 4 rings (SSSR count). The van der Waals surface area contributed by atoms with Crippen LogP contribution in [-0.4, -0.2) is 37.9 Å². The molecule has 1 fully saturated rings. The molecule has 10 heteroatoms. The van der Waals surface area contributed by atoms with E-state index in [9.17, 15) is 24.5 Å². The highest BCUT2D eigenvalue weighted by Gasteiger charge is 2.36. The van der Waals surface area contributed by atoms with Crippen LogP contribution in [0.25, 0.3) is 11.8 Å². The molecular weight excluding hydrogens is 478 g/mol. The summed E-state index contributed by atoms with van der Waals surface area (Å²) in [5.74, 6) is -1.04. The van der Waals surface area contributed by atoms with E-state index < -0.39 is 28.4 Å². The molecule has 0 saturated carbocycles. The van der Waals surface area contributed by atoms with Crippen LogP contribution < -0.4 is 0 Å². The molecule has 3 aromatic rings. The molecule has 0 spiro atoms. The lowest BCUT2D eigenvalue weighted by Crippen LogP contribution is -2.33. The van der Waals surface area contributed by atoms with Crippen molar-refractivity contribution in [3.63, 3.8) is 0 Å². The smallest absolute Gasteiger partial charge is 0.293 e.